The number of nitrogens with one attached hydrogen (secondary N) is 1. The first kappa shape index (κ1) is 19.1. The minimum Gasteiger partial charge on any atom is -0.369 e. The van der Waals surface area contributed by atoms with Gasteiger partial charge in [0.15, 0.2) is 0 Å². The highest BCUT2D eigenvalue weighted by atomic mass is 79.9. The van der Waals surface area contributed by atoms with E-state index in [0.29, 0.717) is 29.4 Å². The summed E-state index contributed by atoms with van der Waals surface area (Å²) in [4.78, 5) is 50.4. The number of rotatable bonds is 4. The molecule has 2 unspecified atom stereocenters. The number of aromatic nitrogens is 2. The van der Waals surface area contributed by atoms with Crippen molar-refractivity contribution in [1.82, 2.24) is 9.55 Å². The van der Waals surface area contributed by atoms with Gasteiger partial charge in [-0.1, -0.05) is 28.1 Å². The molecule has 0 bridgehead atoms. The summed E-state index contributed by atoms with van der Waals surface area (Å²) >= 11 is 3.40. The molecule has 0 spiro atoms. The van der Waals surface area contributed by atoms with E-state index in [-0.39, 0.29) is 5.69 Å². The van der Waals surface area contributed by atoms with Crippen LogP contribution in [-0.4, -0.2) is 20.4 Å². The van der Waals surface area contributed by atoms with E-state index < -0.39 is 33.9 Å². The van der Waals surface area contributed by atoms with Gasteiger partial charge >= 0.3 is 11.1 Å². The smallest absolute Gasteiger partial charge is 0.317 e. The van der Waals surface area contributed by atoms with Gasteiger partial charge in [0.05, 0.1) is 27.9 Å². The van der Waals surface area contributed by atoms with Gasteiger partial charge in [0, 0.05) is 16.6 Å². The number of halogens is 1. The summed E-state index contributed by atoms with van der Waals surface area (Å²) in [5.74, 6) is -1.60. The molecule has 29 heavy (non-hydrogen) atoms. The third kappa shape index (κ3) is 3.15. The summed E-state index contributed by atoms with van der Waals surface area (Å²) in [5, 5.41) is 10.9. The monoisotopic (exact) mass is 458 g/mol. The maximum atomic E-state index is 12.8. The highest BCUT2D eigenvalue weighted by Crippen LogP contribution is 2.38. The number of hydrogen-bond donors (Lipinski definition) is 2. The Balaban J connectivity index is 1.94. The molecular weight excluding hydrogens is 444 g/mol. The van der Waals surface area contributed by atoms with Gasteiger partial charge in [-0.25, -0.2) is 0 Å². The number of carbonyl (C=O) groups excluding carboxylic acids is 1. The van der Waals surface area contributed by atoms with E-state index in [1.807, 2.05) is 6.07 Å². The zero-order valence-corrected chi connectivity index (χ0v) is 16.5. The van der Waals surface area contributed by atoms with Crippen molar-refractivity contribution in [3.05, 3.63) is 82.8 Å². The van der Waals surface area contributed by atoms with Gasteiger partial charge in [0.1, 0.15) is 0 Å². The number of hydrogen-bond acceptors (Lipinski definition) is 5. The fraction of sp³-hybridized carbons (Fsp3) is 0.211. The van der Waals surface area contributed by atoms with E-state index >= 15 is 0 Å². The van der Waals surface area contributed by atoms with Crippen molar-refractivity contribution >= 4 is 38.6 Å². The second-order valence-corrected chi connectivity index (χ2v) is 7.84. The van der Waals surface area contributed by atoms with E-state index in [2.05, 4.69) is 20.9 Å². The molecule has 3 aromatic rings. The Labute approximate surface area is 171 Å². The van der Waals surface area contributed by atoms with Crippen molar-refractivity contribution in [1.29, 1.82) is 0 Å². The minimum atomic E-state index is -0.921. The normalized spacial score (nSPS) is 16.5. The van der Waals surface area contributed by atoms with Crippen LogP contribution in [-0.2, 0) is 11.2 Å². The molecule has 3 N–H and O–H groups in total. The fourth-order valence-corrected chi connectivity index (χ4v) is 4.56. The Bertz CT molecular complexity index is 1280. The van der Waals surface area contributed by atoms with Crippen LogP contribution >= 0.6 is 15.9 Å². The lowest BCUT2D eigenvalue weighted by Crippen LogP contribution is -2.43. The largest absolute Gasteiger partial charge is 0.369 e. The average molecular weight is 459 g/mol. The summed E-state index contributed by atoms with van der Waals surface area (Å²) in [6.45, 7) is 0. The second-order valence-electron chi connectivity index (χ2n) is 6.93. The van der Waals surface area contributed by atoms with Crippen molar-refractivity contribution < 1.29 is 9.72 Å². The van der Waals surface area contributed by atoms with Gasteiger partial charge in [-0.2, -0.15) is 0 Å². The summed E-state index contributed by atoms with van der Waals surface area (Å²) in [6, 6.07) is 8.38. The van der Waals surface area contributed by atoms with Gasteiger partial charge in [-0.3, -0.25) is 29.1 Å². The third-order valence-corrected chi connectivity index (χ3v) is 5.71. The molecule has 0 saturated heterocycles. The maximum absolute atomic E-state index is 12.8. The SMILES string of the molecule is NC(=O)C(c1ccc([N+](=O)[O-])cc1)C1CCc2cc(Br)cc3[nH]c(=O)c(=O)n1c23. The topological polar surface area (TPSA) is 141 Å². The van der Waals surface area contributed by atoms with E-state index in [0.717, 1.165) is 10.0 Å². The van der Waals surface area contributed by atoms with Crippen LogP contribution in [0.25, 0.3) is 11.0 Å². The van der Waals surface area contributed by atoms with Crippen molar-refractivity contribution in [3.63, 3.8) is 0 Å². The summed E-state index contributed by atoms with van der Waals surface area (Å²) in [7, 11) is 0. The molecule has 2 atom stereocenters. The molecule has 1 amide bonds. The quantitative estimate of drug-likeness (QED) is 0.349. The highest BCUT2D eigenvalue weighted by molar-refractivity contribution is 9.10. The number of benzene rings is 2. The molecule has 9 nitrogen and oxygen atoms in total. The molecule has 4 rings (SSSR count). The number of aromatic amines is 1. The summed E-state index contributed by atoms with van der Waals surface area (Å²) in [5.41, 5.74) is 6.36. The number of amides is 1. The fourth-order valence-electron chi connectivity index (χ4n) is 4.06. The number of nitrogens with two attached hydrogens (primary N) is 1. The molecule has 0 aliphatic carbocycles. The van der Waals surface area contributed by atoms with Crippen LogP contribution in [0.5, 0.6) is 0 Å². The van der Waals surface area contributed by atoms with Gasteiger partial charge in [0.2, 0.25) is 5.91 Å². The molecule has 0 radical (unpaired) electrons. The lowest BCUT2D eigenvalue weighted by molar-refractivity contribution is -0.384. The molecule has 2 aromatic carbocycles. The Morgan fingerprint density at radius 1 is 1.28 bits per heavy atom. The molecule has 10 heteroatoms. The van der Waals surface area contributed by atoms with Gasteiger partial charge < -0.3 is 10.7 Å². The number of carbonyl (C=O) groups is 1. The summed E-state index contributed by atoms with van der Waals surface area (Å²) in [6.07, 6.45) is 0.982. The van der Waals surface area contributed by atoms with Crippen LogP contribution in [0.2, 0.25) is 0 Å². The number of aryl methyl sites for hydroxylation is 1. The maximum Gasteiger partial charge on any atom is 0.317 e. The van der Waals surface area contributed by atoms with Crippen molar-refractivity contribution in [2.45, 2.75) is 24.8 Å². The van der Waals surface area contributed by atoms with Crippen LogP contribution in [0.4, 0.5) is 5.69 Å². The minimum absolute atomic E-state index is 0.119. The van der Waals surface area contributed by atoms with Crippen molar-refractivity contribution in [3.8, 4) is 0 Å². The lowest BCUT2D eigenvalue weighted by atomic mass is 9.84. The Morgan fingerprint density at radius 3 is 2.59 bits per heavy atom. The predicted molar refractivity (Wildman–Crippen MR) is 109 cm³/mol. The molecule has 1 aromatic heterocycles. The van der Waals surface area contributed by atoms with E-state index in [1.54, 1.807) is 6.07 Å². The lowest BCUT2D eigenvalue weighted by Gasteiger charge is -2.32. The number of nitro groups is 1. The average Bonchev–Trinajstić information content (AvgIpc) is 2.66. The van der Waals surface area contributed by atoms with Crippen LogP contribution < -0.4 is 16.9 Å². The van der Waals surface area contributed by atoms with Crippen LogP contribution in [0.1, 0.15) is 29.5 Å². The van der Waals surface area contributed by atoms with E-state index in [1.165, 1.54) is 28.8 Å². The Hall–Kier alpha value is -3.27. The number of nitro benzene ring substituents is 1. The van der Waals surface area contributed by atoms with E-state index in [9.17, 15) is 24.5 Å². The number of nitrogens with zero attached hydrogens (tertiary/aromatic N) is 2. The van der Waals surface area contributed by atoms with Crippen molar-refractivity contribution in [2.75, 3.05) is 0 Å². The zero-order valence-electron chi connectivity index (χ0n) is 14.9. The first-order valence-electron chi connectivity index (χ1n) is 8.78. The zero-order chi connectivity index (χ0) is 20.9. The standard InChI is InChI=1S/C19H15BrN4O5/c20-11-7-10-3-6-14(23-16(10)13(8-11)22-18(26)19(23)27)15(17(21)25)9-1-4-12(5-2-9)24(28)29/h1-2,4-5,7-8,14-15H,3,6H2,(H2,21,25)(H,22,26). The van der Waals surface area contributed by atoms with Gasteiger partial charge in [-0.15, -0.1) is 0 Å². The Kier molecular flexibility index (Phi) is 4.58. The first-order chi connectivity index (χ1) is 13.8. The summed E-state index contributed by atoms with van der Waals surface area (Å²) < 4.78 is 2.11. The van der Waals surface area contributed by atoms with Crippen LogP contribution in [0, 0.1) is 10.1 Å². The van der Waals surface area contributed by atoms with E-state index in [4.69, 9.17) is 5.73 Å². The first-order valence-corrected chi connectivity index (χ1v) is 9.58. The molecule has 1 aliphatic heterocycles. The molecule has 0 saturated carbocycles. The number of non-ortho nitro benzene ring substituents is 1. The number of H-pyrrole nitrogens is 1. The second kappa shape index (κ2) is 6.96. The van der Waals surface area contributed by atoms with Crippen molar-refractivity contribution in [2.24, 2.45) is 5.73 Å². The molecular formula is C19H15BrN4O5. The van der Waals surface area contributed by atoms with Crippen LogP contribution in [0.15, 0.2) is 50.5 Å². The molecule has 0 fully saturated rings. The number of primary amides is 1. The third-order valence-electron chi connectivity index (χ3n) is 5.25. The molecule has 148 valence electrons. The Morgan fingerprint density at radius 2 is 1.97 bits per heavy atom. The molecule has 1 aliphatic rings. The molecule has 2 heterocycles. The highest BCUT2D eigenvalue weighted by Gasteiger charge is 2.35. The predicted octanol–water partition coefficient (Wildman–Crippen LogP) is 2.12. The van der Waals surface area contributed by atoms with Crippen LogP contribution in [0.3, 0.4) is 0 Å². The van der Waals surface area contributed by atoms with Gasteiger partial charge in [-0.05, 0) is 36.1 Å². The van der Waals surface area contributed by atoms with Gasteiger partial charge in [0.25, 0.3) is 5.69 Å².